The maximum Gasteiger partial charge on any atom is 0.256 e. The summed E-state index contributed by atoms with van der Waals surface area (Å²) in [5.41, 5.74) is 3.13. The van der Waals surface area contributed by atoms with E-state index in [0.717, 1.165) is 11.3 Å². The van der Waals surface area contributed by atoms with Gasteiger partial charge in [-0.05, 0) is 38.0 Å². The lowest BCUT2D eigenvalue weighted by atomic mass is 9.94. The fourth-order valence-corrected chi connectivity index (χ4v) is 4.12. The summed E-state index contributed by atoms with van der Waals surface area (Å²) in [5, 5.41) is 7.80. The number of aryl methyl sites for hydroxylation is 3. The Morgan fingerprint density at radius 3 is 2.69 bits per heavy atom. The number of aromatic nitrogens is 4. The third-order valence-electron chi connectivity index (χ3n) is 5.28. The summed E-state index contributed by atoms with van der Waals surface area (Å²) in [6.07, 6.45) is 1.78. The Kier molecular flexibility index (Phi) is 4.74. The fourth-order valence-electron chi connectivity index (χ4n) is 3.78. The fraction of sp³-hybridized carbons (Fsp3) is 0.300. The molecular weight excluding hydrogens is 397 g/mol. The summed E-state index contributed by atoms with van der Waals surface area (Å²) < 4.78 is 16.3. The molecule has 1 amide bonds. The van der Waals surface area contributed by atoms with Crippen LogP contribution in [-0.4, -0.2) is 37.3 Å². The molecule has 1 N–H and O–H groups in total. The lowest BCUT2D eigenvalue weighted by Crippen LogP contribution is -2.39. The van der Waals surface area contributed by atoms with Crippen LogP contribution in [0.4, 0.5) is 4.39 Å². The number of halogens is 2. The van der Waals surface area contributed by atoms with Crippen LogP contribution in [0.3, 0.4) is 0 Å². The highest BCUT2D eigenvalue weighted by Crippen LogP contribution is 2.37. The summed E-state index contributed by atoms with van der Waals surface area (Å²) in [4.78, 5) is 29.9. The number of pyridine rings is 1. The van der Waals surface area contributed by atoms with Crippen molar-refractivity contribution in [3.8, 4) is 11.3 Å². The molecule has 0 bridgehead atoms. The van der Waals surface area contributed by atoms with Crippen molar-refractivity contribution in [1.82, 2.24) is 24.9 Å². The summed E-state index contributed by atoms with van der Waals surface area (Å²) in [6.45, 7) is 4.07. The van der Waals surface area contributed by atoms with Crippen molar-refractivity contribution in [3.63, 3.8) is 0 Å². The molecule has 29 heavy (non-hydrogen) atoms. The molecule has 0 fully saturated rings. The SMILES string of the molecule is Cc1cc(C)c(CN2CCc3c(F)cc(-c4cnnn4C)c(Cl)c3C2=O)c(=O)[nH]1. The van der Waals surface area contributed by atoms with Crippen LogP contribution in [0, 0.1) is 19.7 Å². The normalized spacial score (nSPS) is 13.7. The van der Waals surface area contributed by atoms with Crippen LogP contribution in [0.15, 0.2) is 23.1 Å². The standard InChI is InChI=1S/C20H19ClFN5O2/c1-10-6-11(2)24-19(28)14(10)9-27-5-4-12-15(22)7-13(16-8-23-25-26(16)3)18(21)17(12)20(27)29/h6-8H,4-5,9H2,1-3H3,(H,24,28). The molecule has 9 heteroatoms. The summed E-state index contributed by atoms with van der Waals surface area (Å²) in [6, 6.07) is 3.18. The van der Waals surface area contributed by atoms with Gasteiger partial charge >= 0.3 is 0 Å². The number of H-pyrrole nitrogens is 1. The Morgan fingerprint density at radius 2 is 2.03 bits per heavy atom. The van der Waals surface area contributed by atoms with Crippen molar-refractivity contribution in [2.24, 2.45) is 7.05 Å². The predicted molar refractivity (Wildman–Crippen MR) is 106 cm³/mol. The number of amides is 1. The average Bonchev–Trinajstić information content (AvgIpc) is 3.07. The quantitative estimate of drug-likeness (QED) is 0.713. The minimum absolute atomic E-state index is 0.134. The van der Waals surface area contributed by atoms with Gasteiger partial charge < -0.3 is 9.88 Å². The number of hydrogen-bond acceptors (Lipinski definition) is 4. The smallest absolute Gasteiger partial charge is 0.256 e. The highest BCUT2D eigenvalue weighted by molar-refractivity contribution is 6.36. The van der Waals surface area contributed by atoms with Gasteiger partial charge in [0.05, 0.1) is 29.0 Å². The van der Waals surface area contributed by atoms with Crippen molar-refractivity contribution in [2.75, 3.05) is 6.54 Å². The zero-order valence-electron chi connectivity index (χ0n) is 16.2. The molecule has 3 heterocycles. The van der Waals surface area contributed by atoms with E-state index in [1.807, 2.05) is 13.0 Å². The first kappa shape index (κ1) is 19.3. The van der Waals surface area contributed by atoms with Crippen molar-refractivity contribution < 1.29 is 9.18 Å². The molecule has 0 saturated carbocycles. The second kappa shape index (κ2) is 7.11. The third kappa shape index (κ3) is 3.23. The molecule has 0 saturated heterocycles. The van der Waals surface area contributed by atoms with E-state index in [1.54, 1.807) is 14.0 Å². The van der Waals surface area contributed by atoms with Crippen molar-refractivity contribution in [1.29, 1.82) is 0 Å². The number of rotatable bonds is 3. The number of carbonyl (C=O) groups is 1. The first-order valence-electron chi connectivity index (χ1n) is 9.12. The number of nitrogens with one attached hydrogen (secondary N) is 1. The monoisotopic (exact) mass is 415 g/mol. The van der Waals surface area contributed by atoms with Gasteiger partial charge in [-0.2, -0.15) is 0 Å². The number of fused-ring (bicyclic) bond motifs is 1. The van der Waals surface area contributed by atoms with Crippen LogP contribution in [0.2, 0.25) is 5.02 Å². The largest absolute Gasteiger partial charge is 0.334 e. The van der Waals surface area contributed by atoms with Gasteiger partial charge in [-0.25, -0.2) is 9.07 Å². The van der Waals surface area contributed by atoms with Crippen molar-refractivity contribution in [3.05, 3.63) is 67.5 Å². The van der Waals surface area contributed by atoms with E-state index in [9.17, 15) is 14.0 Å². The Balaban J connectivity index is 1.77. The lowest BCUT2D eigenvalue weighted by molar-refractivity contribution is 0.0724. The van der Waals surface area contributed by atoms with E-state index in [0.29, 0.717) is 35.3 Å². The minimum atomic E-state index is -0.488. The van der Waals surface area contributed by atoms with E-state index in [4.69, 9.17) is 11.6 Å². The molecule has 0 radical (unpaired) electrons. The maximum absolute atomic E-state index is 14.8. The van der Waals surface area contributed by atoms with Crippen molar-refractivity contribution in [2.45, 2.75) is 26.8 Å². The summed E-state index contributed by atoms with van der Waals surface area (Å²) in [5.74, 6) is -0.885. The third-order valence-corrected chi connectivity index (χ3v) is 5.68. The van der Waals surface area contributed by atoms with Crippen LogP contribution in [0.5, 0.6) is 0 Å². The first-order valence-corrected chi connectivity index (χ1v) is 9.50. The first-order chi connectivity index (χ1) is 13.8. The molecule has 4 rings (SSSR count). The minimum Gasteiger partial charge on any atom is -0.334 e. The van der Waals surface area contributed by atoms with Gasteiger partial charge in [0.15, 0.2) is 0 Å². The van der Waals surface area contributed by atoms with Gasteiger partial charge in [-0.3, -0.25) is 9.59 Å². The topological polar surface area (TPSA) is 83.9 Å². The van der Waals surface area contributed by atoms with Crippen LogP contribution in [0.1, 0.15) is 32.7 Å². The molecule has 0 atom stereocenters. The number of nitrogens with zero attached hydrogens (tertiary/aromatic N) is 4. The Hall–Kier alpha value is -3.00. The summed E-state index contributed by atoms with van der Waals surface area (Å²) in [7, 11) is 1.66. The number of carbonyl (C=O) groups excluding carboxylic acids is 1. The molecule has 0 aliphatic carbocycles. The second-order valence-electron chi connectivity index (χ2n) is 7.24. The summed E-state index contributed by atoms with van der Waals surface area (Å²) >= 11 is 6.56. The predicted octanol–water partition coefficient (Wildman–Crippen LogP) is 2.78. The van der Waals surface area contributed by atoms with E-state index >= 15 is 0 Å². The Bertz CT molecular complexity index is 1200. The number of aromatic amines is 1. The average molecular weight is 416 g/mol. The number of hydrogen-bond donors (Lipinski definition) is 1. The van der Waals surface area contributed by atoms with Crippen LogP contribution in [0.25, 0.3) is 11.3 Å². The number of benzene rings is 1. The van der Waals surface area contributed by atoms with E-state index < -0.39 is 11.7 Å². The van der Waals surface area contributed by atoms with Crippen LogP contribution < -0.4 is 5.56 Å². The van der Waals surface area contributed by atoms with Crippen LogP contribution >= 0.6 is 11.6 Å². The maximum atomic E-state index is 14.8. The molecule has 7 nitrogen and oxygen atoms in total. The van der Waals surface area contributed by atoms with Gasteiger partial charge in [0, 0.05) is 36.0 Å². The molecular formula is C20H19ClFN5O2. The van der Waals surface area contributed by atoms with Gasteiger partial charge in [-0.15, -0.1) is 5.10 Å². The molecule has 150 valence electrons. The molecule has 1 aromatic carbocycles. The van der Waals surface area contributed by atoms with E-state index in [1.165, 1.54) is 21.8 Å². The molecule has 1 aliphatic heterocycles. The Labute approximate surface area is 171 Å². The van der Waals surface area contributed by atoms with Gasteiger partial charge in [0.2, 0.25) is 0 Å². The van der Waals surface area contributed by atoms with Gasteiger partial charge in [0.1, 0.15) is 5.82 Å². The van der Waals surface area contributed by atoms with Crippen molar-refractivity contribution >= 4 is 17.5 Å². The second-order valence-corrected chi connectivity index (χ2v) is 7.61. The van der Waals surface area contributed by atoms with E-state index in [2.05, 4.69) is 15.3 Å². The highest BCUT2D eigenvalue weighted by atomic mass is 35.5. The Morgan fingerprint density at radius 1 is 1.28 bits per heavy atom. The van der Waals surface area contributed by atoms with Gasteiger partial charge in [-0.1, -0.05) is 16.8 Å². The van der Waals surface area contributed by atoms with Crippen LogP contribution in [-0.2, 0) is 20.0 Å². The highest BCUT2D eigenvalue weighted by Gasteiger charge is 2.32. The molecule has 1 aliphatic rings. The lowest BCUT2D eigenvalue weighted by Gasteiger charge is -2.30. The molecule has 0 unspecified atom stereocenters. The molecule has 2 aromatic heterocycles. The molecule has 3 aromatic rings. The zero-order chi connectivity index (χ0) is 20.9. The van der Waals surface area contributed by atoms with Gasteiger partial charge in [0.25, 0.3) is 11.5 Å². The zero-order valence-corrected chi connectivity index (χ0v) is 17.0. The molecule has 0 spiro atoms. The van der Waals surface area contributed by atoms with E-state index in [-0.39, 0.29) is 22.7 Å².